The maximum absolute atomic E-state index is 12.1. The van der Waals surface area contributed by atoms with Gasteiger partial charge in [0, 0.05) is 45.8 Å². The first-order chi connectivity index (χ1) is 14.2. The number of ether oxygens (including phenoxy) is 2. The lowest BCUT2D eigenvalue weighted by Gasteiger charge is -2.34. The second-order valence-electron chi connectivity index (χ2n) is 7.12. The highest BCUT2D eigenvalue weighted by Gasteiger charge is 2.16. The van der Waals surface area contributed by atoms with Crippen molar-refractivity contribution in [3.05, 3.63) is 60.2 Å². The van der Waals surface area contributed by atoms with E-state index in [1.807, 2.05) is 31.2 Å². The Bertz CT molecular complexity index is 746. The summed E-state index contributed by atoms with van der Waals surface area (Å²) in [5, 5.41) is 2.94. The first kappa shape index (κ1) is 21.1. The summed E-state index contributed by atoms with van der Waals surface area (Å²) < 4.78 is 11.1. The lowest BCUT2D eigenvalue weighted by Crippen LogP contribution is -2.48. The van der Waals surface area contributed by atoms with Gasteiger partial charge in [0.2, 0.25) is 0 Å². The van der Waals surface area contributed by atoms with E-state index < -0.39 is 0 Å². The number of benzene rings is 2. The summed E-state index contributed by atoms with van der Waals surface area (Å²) >= 11 is 0. The summed E-state index contributed by atoms with van der Waals surface area (Å²) in [4.78, 5) is 17.0. The Morgan fingerprint density at radius 2 is 1.52 bits per heavy atom. The zero-order valence-electron chi connectivity index (χ0n) is 17.2. The van der Waals surface area contributed by atoms with Gasteiger partial charge in [0.1, 0.15) is 0 Å². The van der Waals surface area contributed by atoms with Gasteiger partial charge in [-0.05, 0) is 24.6 Å². The van der Waals surface area contributed by atoms with E-state index in [1.54, 1.807) is 0 Å². The molecular formula is C23H31N3O3. The molecule has 6 heteroatoms. The number of nitrogens with zero attached hydrogens (tertiary/aromatic N) is 2. The third-order valence-electron chi connectivity index (χ3n) is 4.97. The molecule has 29 heavy (non-hydrogen) atoms. The minimum atomic E-state index is -0.112. The van der Waals surface area contributed by atoms with Gasteiger partial charge in [0.05, 0.1) is 6.61 Å². The molecule has 1 heterocycles. The van der Waals surface area contributed by atoms with Crippen LogP contribution in [-0.4, -0.2) is 68.2 Å². The van der Waals surface area contributed by atoms with E-state index in [0.717, 1.165) is 39.3 Å². The molecule has 2 aromatic carbocycles. The molecule has 0 aliphatic carbocycles. The molecule has 0 atom stereocenters. The molecule has 0 saturated carbocycles. The van der Waals surface area contributed by atoms with Crippen molar-refractivity contribution in [1.82, 2.24) is 15.1 Å². The lowest BCUT2D eigenvalue weighted by molar-refractivity contribution is -0.123. The zero-order chi connectivity index (χ0) is 20.3. The van der Waals surface area contributed by atoms with E-state index in [-0.39, 0.29) is 12.5 Å². The normalized spacial score (nSPS) is 15.1. The summed E-state index contributed by atoms with van der Waals surface area (Å²) in [6, 6.07) is 18.0. The number of amides is 1. The molecule has 0 aromatic heterocycles. The van der Waals surface area contributed by atoms with Crippen molar-refractivity contribution in [2.24, 2.45) is 0 Å². The fourth-order valence-corrected chi connectivity index (χ4v) is 3.40. The van der Waals surface area contributed by atoms with Crippen molar-refractivity contribution < 1.29 is 14.3 Å². The molecule has 0 bridgehead atoms. The highest BCUT2D eigenvalue weighted by Crippen LogP contribution is 2.26. The van der Waals surface area contributed by atoms with E-state index in [9.17, 15) is 4.79 Å². The van der Waals surface area contributed by atoms with Crippen LogP contribution in [0.3, 0.4) is 0 Å². The number of carbonyl (C=O) groups excluding carboxylic acids is 1. The highest BCUT2D eigenvalue weighted by atomic mass is 16.5. The summed E-state index contributed by atoms with van der Waals surface area (Å²) in [6.45, 7) is 9.15. The third-order valence-corrected chi connectivity index (χ3v) is 4.97. The van der Waals surface area contributed by atoms with Gasteiger partial charge in [-0.15, -0.1) is 0 Å². The Morgan fingerprint density at radius 3 is 2.21 bits per heavy atom. The van der Waals surface area contributed by atoms with Gasteiger partial charge in [0.15, 0.2) is 18.1 Å². The Hall–Kier alpha value is -2.57. The van der Waals surface area contributed by atoms with E-state index in [1.165, 1.54) is 5.56 Å². The largest absolute Gasteiger partial charge is 0.490 e. The zero-order valence-corrected chi connectivity index (χ0v) is 17.2. The Labute approximate surface area is 173 Å². The molecule has 0 spiro atoms. The van der Waals surface area contributed by atoms with Crippen molar-refractivity contribution in [3.63, 3.8) is 0 Å². The molecule has 3 rings (SSSR count). The van der Waals surface area contributed by atoms with Gasteiger partial charge in [-0.1, -0.05) is 42.5 Å². The van der Waals surface area contributed by atoms with Gasteiger partial charge in [-0.3, -0.25) is 14.6 Å². The molecule has 1 aliphatic rings. The maximum atomic E-state index is 12.1. The van der Waals surface area contributed by atoms with E-state index in [2.05, 4.69) is 45.4 Å². The smallest absolute Gasteiger partial charge is 0.257 e. The number of nitrogens with one attached hydrogen (secondary N) is 1. The first-order valence-corrected chi connectivity index (χ1v) is 10.3. The van der Waals surface area contributed by atoms with Crippen LogP contribution in [0.15, 0.2) is 54.6 Å². The van der Waals surface area contributed by atoms with Crippen LogP contribution in [0, 0.1) is 0 Å². The van der Waals surface area contributed by atoms with Crippen molar-refractivity contribution in [3.8, 4) is 11.5 Å². The second-order valence-corrected chi connectivity index (χ2v) is 7.12. The SMILES string of the molecule is CCOc1ccccc1OCC(=O)NCCN1CCN(Cc2ccccc2)CC1. The van der Waals surface area contributed by atoms with Crippen molar-refractivity contribution >= 4 is 5.91 Å². The number of hydrogen-bond acceptors (Lipinski definition) is 5. The molecule has 2 aromatic rings. The van der Waals surface area contributed by atoms with Crippen molar-refractivity contribution in [2.45, 2.75) is 13.5 Å². The number of para-hydroxylation sites is 2. The molecule has 0 radical (unpaired) electrons. The topological polar surface area (TPSA) is 54.0 Å². The van der Waals surface area contributed by atoms with Gasteiger partial charge in [-0.25, -0.2) is 0 Å². The molecule has 0 unspecified atom stereocenters. The van der Waals surface area contributed by atoms with Crippen LogP contribution in [0.25, 0.3) is 0 Å². The number of piperazine rings is 1. The average molecular weight is 398 g/mol. The Kier molecular flexibility index (Phi) is 8.34. The minimum absolute atomic E-state index is 0.00502. The minimum Gasteiger partial charge on any atom is -0.490 e. The fraction of sp³-hybridized carbons (Fsp3) is 0.435. The number of hydrogen-bond donors (Lipinski definition) is 1. The van der Waals surface area contributed by atoms with Gasteiger partial charge < -0.3 is 14.8 Å². The molecule has 6 nitrogen and oxygen atoms in total. The standard InChI is InChI=1S/C23H31N3O3/c1-2-28-21-10-6-7-11-22(21)29-19-23(27)24-12-13-25-14-16-26(17-15-25)18-20-8-4-3-5-9-20/h3-11H,2,12-19H2,1H3,(H,24,27). The Balaban J connectivity index is 1.30. The predicted molar refractivity (Wildman–Crippen MR) is 114 cm³/mol. The van der Waals surface area contributed by atoms with Gasteiger partial charge in [-0.2, -0.15) is 0 Å². The lowest BCUT2D eigenvalue weighted by atomic mass is 10.2. The monoisotopic (exact) mass is 397 g/mol. The van der Waals surface area contributed by atoms with Crippen molar-refractivity contribution in [2.75, 3.05) is 52.5 Å². The quantitative estimate of drug-likeness (QED) is 0.667. The molecule has 1 fully saturated rings. The van der Waals surface area contributed by atoms with Gasteiger partial charge >= 0.3 is 0 Å². The van der Waals surface area contributed by atoms with Crippen LogP contribution in [0.2, 0.25) is 0 Å². The van der Waals surface area contributed by atoms with Crippen LogP contribution in [0.4, 0.5) is 0 Å². The molecule has 156 valence electrons. The van der Waals surface area contributed by atoms with Crippen LogP contribution in [0.1, 0.15) is 12.5 Å². The highest BCUT2D eigenvalue weighted by molar-refractivity contribution is 5.77. The summed E-state index contributed by atoms with van der Waals surface area (Å²) in [7, 11) is 0. The second kappa shape index (κ2) is 11.4. The van der Waals surface area contributed by atoms with Crippen LogP contribution >= 0.6 is 0 Å². The van der Waals surface area contributed by atoms with Gasteiger partial charge in [0.25, 0.3) is 5.91 Å². The van der Waals surface area contributed by atoms with E-state index in [0.29, 0.717) is 24.7 Å². The van der Waals surface area contributed by atoms with Crippen LogP contribution in [0.5, 0.6) is 11.5 Å². The predicted octanol–water partition coefficient (Wildman–Crippen LogP) is 2.40. The van der Waals surface area contributed by atoms with Crippen LogP contribution in [-0.2, 0) is 11.3 Å². The summed E-state index contributed by atoms with van der Waals surface area (Å²) in [5.74, 6) is 1.15. The first-order valence-electron chi connectivity index (χ1n) is 10.3. The molecule has 1 amide bonds. The van der Waals surface area contributed by atoms with E-state index >= 15 is 0 Å². The Morgan fingerprint density at radius 1 is 0.897 bits per heavy atom. The maximum Gasteiger partial charge on any atom is 0.257 e. The number of rotatable bonds is 10. The summed E-state index contributed by atoms with van der Waals surface area (Å²) in [5.41, 5.74) is 1.36. The third kappa shape index (κ3) is 7.07. The summed E-state index contributed by atoms with van der Waals surface area (Å²) in [6.07, 6.45) is 0. The molecular weight excluding hydrogens is 366 g/mol. The molecule has 1 saturated heterocycles. The van der Waals surface area contributed by atoms with E-state index in [4.69, 9.17) is 9.47 Å². The fourth-order valence-electron chi connectivity index (χ4n) is 3.40. The molecule has 1 N–H and O–H groups in total. The number of carbonyl (C=O) groups is 1. The van der Waals surface area contributed by atoms with Crippen LogP contribution < -0.4 is 14.8 Å². The average Bonchev–Trinajstić information content (AvgIpc) is 2.75. The van der Waals surface area contributed by atoms with Crippen molar-refractivity contribution in [1.29, 1.82) is 0 Å². The molecule has 1 aliphatic heterocycles.